The van der Waals surface area contributed by atoms with Gasteiger partial charge in [0.15, 0.2) is 10.8 Å². The van der Waals surface area contributed by atoms with E-state index in [2.05, 4.69) is 35.6 Å². The van der Waals surface area contributed by atoms with Gasteiger partial charge in [0.1, 0.15) is 17.3 Å². The van der Waals surface area contributed by atoms with E-state index < -0.39 is 21.4 Å². The molecule has 0 N–H and O–H groups in total. The average Bonchev–Trinajstić information content (AvgIpc) is 3.18. The number of nitrogens with zero attached hydrogens (tertiary/aromatic N) is 3. The van der Waals surface area contributed by atoms with Gasteiger partial charge in [-0.15, -0.1) is 0 Å². The molecule has 4 heterocycles. The molecule has 0 amide bonds. The fourth-order valence-corrected chi connectivity index (χ4v) is 6.63. The van der Waals surface area contributed by atoms with Gasteiger partial charge < -0.3 is 14.4 Å². The number of hydrogen-bond donors (Lipinski definition) is 0. The van der Waals surface area contributed by atoms with E-state index in [-0.39, 0.29) is 22.4 Å². The molecule has 2 aliphatic rings. The fourth-order valence-electron chi connectivity index (χ4n) is 5.46. The van der Waals surface area contributed by atoms with Gasteiger partial charge in [0, 0.05) is 30.3 Å². The maximum Gasteiger partial charge on any atom is 0.214 e. The molecule has 8 nitrogen and oxygen atoms in total. The van der Waals surface area contributed by atoms with Gasteiger partial charge in [-0.05, 0) is 62.4 Å². The van der Waals surface area contributed by atoms with Crippen LogP contribution < -0.4 is 14.4 Å². The molecule has 3 aromatic rings. The Labute approximate surface area is 223 Å². The Morgan fingerprint density at radius 3 is 2.74 bits per heavy atom. The summed E-state index contributed by atoms with van der Waals surface area (Å²) < 4.78 is 38.1. The predicted molar refractivity (Wildman–Crippen MR) is 145 cm³/mol. The van der Waals surface area contributed by atoms with Crippen LogP contribution in [-0.4, -0.2) is 55.2 Å². The van der Waals surface area contributed by atoms with Crippen LogP contribution >= 0.6 is 0 Å². The summed E-state index contributed by atoms with van der Waals surface area (Å²) in [6, 6.07) is 15.8. The fraction of sp³-hybridized carbons (Fsp3) is 0.414. The van der Waals surface area contributed by atoms with Crippen LogP contribution in [0.1, 0.15) is 43.1 Å². The van der Waals surface area contributed by atoms with Gasteiger partial charge in [-0.25, -0.2) is 18.4 Å². The summed E-state index contributed by atoms with van der Waals surface area (Å²) in [7, 11) is -4.00. The Hall–Kier alpha value is -3.46. The van der Waals surface area contributed by atoms with E-state index in [1.165, 1.54) is 6.07 Å². The van der Waals surface area contributed by atoms with Gasteiger partial charge in [-0.3, -0.25) is 4.79 Å². The number of anilines is 1. The van der Waals surface area contributed by atoms with Crippen LogP contribution in [0.5, 0.6) is 11.6 Å². The molecule has 200 valence electrons. The first-order chi connectivity index (χ1) is 18.1. The summed E-state index contributed by atoms with van der Waals surface area (Å²) in [5, 5.41) is -0.186. The Bertz CT molecular complexity index is 1440. The van der Waals surface area contributed by atoms with E-state index in [4.69, 9.17) is 9.47 Å². The number of pyridine rings is 2. The third-order valence-electron chi connectivity index (χ3n) is 7.18. The number of para-hydroxylation sites is 1. The molecule has 38 heavy (non-hydrogen) atoms. The van der Waals surface area contributed by atoms with Crippen LogP contribution in [0, 0.1) is 11.8 Å². The zero-order chi connectivity index (χ0) is 26.9. The zero-order valence-electron chi connectivity index (χ0n) is 22.0. The molecule has 1 saturated heterocycles. The number of carbonyl (C=O) groups is 1. The van der Waals surface area contributed by atoms with Crippen molar-refractivity contribution in [1.29, 1.82) is 0 Å². The first-order valence-corrected chi connectivity index (χ1v) is 14.6. The molecule has 2 atom stereocenters. The van der Waals surface area contributed by atoms with Crippen LogP contribution in [-0.2, 0) is 16.3 Å². The maximum absolute atomic E-state index is 13.3. The third-order valence-corrected chi connectivity index (χ3v) is 8.68. The number of fused-ring (bicyclic) bond motifs is 1. The molecule has 0 bridgehead atoms. The number of aromatic nitrogens is 2. The average molecular weight is 536 g/mol. The number of carbonyl (C=O) groups excluding carboxylic acids is 1. The van der Waals surface area contributed by atoms with Crippen molar-refractivity contribution in [3.8, 4) is 11.6 Å². The van der Waals surface area contributed by atoms with E-state index >= 15 is 0 Å². The van der Waals surface area contributed by atoms with Crippen molar-refractivity contribution >= 4 is 21.4 Å². The molecule has 9 heteroatoms. The topological polar surface area (TPSA) is 98.7 Å². The SMILES string of the molecule is CC1CN(c2ncccc2C(=O)CS(=O)(=O)c2cccc(OCC3COc4ccccc4C3)n2)C(C)(C)C1. The molecule has 2 aromatic heterocycles. The van der Waals surface area contributed by atoms with Gasteiger partial charge in [0.2, 0.25) is 15.7 Å². The molecular weight excluding hydrogens is 502 g/mol. The molecule has 1 fully saturated rings. The normalized spacial score (nSPS) is 20.4. The Kier molecular flexibility index (Phi) is 7.13. The standard InChI is InChI=1S/C29H33N3O5S/c1-20-15-29(2,3)32(16-20)28-23(9-7-13-30-28)24(33)19-38(34,35)27-12-6-11-26(31-27)37-18-21-14-22-8-4-5-10-25(22)36-17-21/h4-13,20-21H,14-19H2,1-3H3. The molecule has 5 rings (SSSR count). The summed E-state index contributed by atoms with van der Waals surface area (Å²) in [5.74, 6) is 0.985. The molecular formula is C29H33N3O5S. The van der Waals surface area contributed by atoms with E-state index in [0.717, 1.165) is 30.7 Å². The van der Waals surface area contributed by atoms with E-state index in [1.54, 1.807) is 30.5 Å². The molecule has 2 unspecified atom stereocenters. The lowest BCUT2D eigenvalue weighted by molar-refractivity contribution is 0.102. The van der Waals surface area contributed by atoms with Crippen molar-refractivity contribution < 1.29 is 22.7 Å². The number of sulfone groups is 1. The minimum atomic E-state index is -4.00. The van der Waals surface area contributed by atoms with Crippen LogP contribution in [0.4, 0.5) is 5.82 Å². The molecule has 0 aliphatic carbocycles. The summed E-state index contributed by atoms with van der Waals surface area (Å²) in [5.41, 5.74) is 1.25. The number of Topliss-reactive ketones (excluding diaryl/α,β-unsaturated/α-hetero) is 1. The van der Waals surface area contributed by atoms with Crippen LogP contribution in [0.25, 0.3) is 0 Å². The molecule has 0 saturated carbocycles. The van der Waals surface area contributed by atoms with Gasteiger partial charge in [-0.1, -0.05) is 31.2 Å². The first-order valence-electron chi connectivity index (χ1n) is 12.9. The second-order valence-corrected chi connectivity index (χ2v) is 12.8. The second kappa shape index (κ2) is 10.4. The van der Waals surface area contributed by atoms with Crippen molar-refractivity contribution in [2.75, 3.05) is 30.4 Å². The Morgan fingerprint density at radius 2 is 1.95 bits per heavy atom. The Morgan fingerprint density at radius 1 is 1.13 bits per heavy atom. The lowest BCUT2D eigenvalue weighted by Crippen LogP contribution is -2.39. The lowest BCUT2D eigenvalue weighted by Gasteiger charge is -2.33. The van der Waals surface area contributed by atoms with Gasteiger partial charge in [0.05, 0.1) is 18.8 Å². The van der Waals surface area contributed by atoms with E-state index in [9.17, 15) is 13.2 Å². The largest absolute Gasteiger partial charge is 0.493 e. The third kappa shape index (κ3) is 5.53. The Balaban J connectivity index is 1.28. The van der Waals surface area contributed by atoms with Crippen molar-refractivity contribution in [2.45, 2.75) is 44.2 Å². The molecule has 0 spiro atoms. The first kappa shape index (κ1) is 26.2. The highest BCUT2D eigenvalue weighted by molar-refractivity contribution is 7.92. The van der Waals surface area contributed by atoms with Crippen molar-refractivity contribution in [2.24, 2.45) is 11.8 Å². The molecule has 2 aliphatic heterocycles. The smallest absolute Gasteiger partial charge is 0.214 e. The van der Waals surface area contributed by atoms with Crippen molar-refractivity contribution in [1.82, 2.24) is 9.97 Å². The second-order valence-electron chi connectivity index (χ2n) is 10.9. The van der Waals surface area contributed by atoms with Gasteiger partial charge in [-0.2, -0.15) is 0 Å². The number of ketones is 1. The van der Waals surface area contributed by atoms with Crippen molar-refractivity contribution in [3.05, 3.63) is 71.9 Å². The number of ether oxygens (including phenoxy) is 2. The van der Waals surface area contributed by atoms with Gasteiger partial charge in [0.25, 0.3) is 0 Å². The van der Waals surface area contributed by atoms with E-state index in [0.29, 0.717) is 30.5 Å². The highest BCUT2D eigenvalue weighted by atomic mass is 32.2. The van der Waals surface area contributed by atoms with Crippen LogP contribution in [0.3, 0.4) is 0 Å². The van der Waals surface area contributed by atoms with Gasteiger partial charge >= 0.3 is 0 Å². The van der Waals surface area contributed by atoms with Crippen molar-refractivity contribution in [3.63, 3.8) is 0 Å². The lowest BCUT2D eigenvalue weighted by atomic mass is 9.97. The zero-order valence-corrected chi connectivity index (χ0v) is 22.8. The monoisotopic (exact) mass is 535 g/mol. The number of hydrogen-bond acceptors (Lipinski definition) is 8. The van der Waals surface area contributed by atoms with Crippen LogP contribution in [0.2, 0.25) is 0 Å². The summed E-state index contributed by atoms with van der Waals surface area (Å²) in [6.45, 7) is 8.01. The number of benzene rings is 1. The predicted octanol–water partition coefficient (Wildman–Crippen LogP) is 4.39. The molecule has 0 radical (unpaired) electrons. The minimum absolute atomic E-state index is 0.120. The van der Waals surface area contributed by atoms with Crippen LogP contribution in [0.15, 0.2) is 65.8 Å². The molecule has 1 aromatic carbocycles. The summed E-state index contributed by atoms with van der Waals surface area (Å²) in [6.07, 6.45) is 3.41. The summed E-state index contributed by atoms with van der Waals surface area (Å²) >= 11 is 0. The maximum atomic E-state index is 13.3. The minimum Gasteiger partial charge on any atom is -0.493 e. The highest BCUT2D eigenvalue weighted by Gasteiger charge is 2.39. The van der Waals surface area contributed by atoms with E-state index in [1.807, 2.05) is 24.3 Å². The highest BCUT2D eigenvalue weighted by Crippen LogP contribution is 2.37. The number of rotatable bonds is 8. The summed E-state index contributed by atoms with van der Waals surface area (Å²) in [4.78, 5) is 24.1. The quantitative estimate of drug-likeness (QED) is 0.392.